The predicted molar refractivity (Wildman–Crippen MR) is 57.3 cm³/mol. The molecular formula is C11H12O5. The first kappa shape index (κ1) is 12.1. The summed E-state index contributed by atoms with van der Waals surface area (Å²) in [5.74, 6) is -1.02. The van der Waals surface area contributed by atoms with E-state index in [-0.39, 0.29) is 23.7 Å². The zero-order chi connectivity index (χ0) is 12.1. The highest BCUT2D eigenvalue weighted by atomic mass is 16.5. The summed E-state index contributed by atoms with van der Waals surface area (Å²) in [6, 6.07) is 2.96. The van der Waals surface area contributed by atoms with E-state index in [1.807, 2.05) is 0 Å². The van der Waals surface area contributed by atoms with Gasteiger partial charge < -0.3 is 20.1 Å². The van der Waals surface area contributed by atoms with E-state index in [4.69, 9.17) is 14.9 Å². The van der Waals surface area contributed by atoms with Gasteiger partial charge in [-0.15, -0.1) is 0 Å². The molecule has 0 aliphatic heterocycles. The molecule has 0 bridgehead atoms. The highest BCUT2D eigenvalue weighted by Crippen LogP contribution is 2.31. The molecule has 0 radical (unpaired) electrons. The lowest BCUT2D eigenvalue weighted by molar-refractivity contribution is -0.131. The Morgan fingerprint density at radius 1 is 1.50 bits per heavy atom. The smallest absolute Gasteiger partial charge is 0.328 e. The molecule has 0 fully saturated rings. The molecule has 0 aromatic heterocycles. The molecule has 1 aromatic rings. The maximum Gasteiger partial charge on any atom is 0.328 e. The summed E-state index contributed by atoms with van der Waals surface area (Å²) in [6.45, 7) is -0.350. The van der Waals surface area contributed by atoms with Gasteiger partial charge in [0.25, 0.3) is 0 Å². The minimum absolute atomic E-state index is 0.141. The molecule has 0 saturated carbocycles. The monoisotopic (exact) mass is 224 g/mol. The molecule has 0 amide bonds. The van der Waals surface area contributed by atoms with Gasteiger partial charge in [0.05, 0.1) is 13.7 Å². The first-order valence-corrected chi connectivity index (χ1v) is 4.50. The second-order valence-electron chi connectivity index (χ2n) is 3.06. The topological polar surface area (TPSA) is 87.0 Å². The van der Waals surface area contributed by atoms with Crippen LogP contribution >= 0.6 is 0 Å². The largest absolute Gasteiger partial charge is 0.504 e. The number of carbonyl (C=O) groups is 1. The zero-order valence-electron chi connectivity index (χ0n) is 8.67. The lowest BCUT2D eigenvalue weighted by Crippen LogP contribution is -1.92. The molecule has 0 aliphatic carbocycles. The third kappa shape index (κ3) is 2.74. The number of hydrogen-bond donors (Lipinski definition) is 3. The van der Waals surface area contributed by atoms with Crippen LogP contribution in [0.15, 0.2) is 18.2 Å². The van der Waals surface area contributed by atoms with Gasteiger partial charge in [0, 0.05) is 11.6 Å². The van der Waals surface area contributed by atoms with Crippen molar-refractivity contribution >= 4 is 12.0 Å². The second-order valence-corrected chi connectivity index (χ2v) is 3.06. The van der Waals surface area contributed by atoms with Gasteiger partial charge in [0.1, 0.15) is 0 Å². The van der Waals surface area contributed by atoms with Crippen LogP contribution in [-0.2, 0) is 11.4 Å². The highest BCUT2D eigenvalue weighted by Gasteiger charge is 2.08. The van der Waals surface area contributed by atoms with Crippen LogP contribution < -0.4 is 4.74 Å². The number of aliphatic hydroxyl groups excluding tert-OH is 1. The maximum atomic E-state index is 10.3. The van der Waals surface area contributed by atoms with Gasteiger partial charge in [-0.3, -0.25) is 0 Å². The fourth-order valence-electron chi connectivity index (χ4n) is 1.23. The first-order valence-electron chi connectivity index (χ1n) is 4.50. The van der Waals surface area contributed by atoms with Crippen LogP contribution in [0.1, 0.15) is 11.1 Å². The number of methoxy groups -OCH3 is 1. The van der Waals surface area contributed by atoms with Crippen molar-refractivity contribution < 1.29 is 24.9 Å². The van der Waals surface area contributed by atoms with Crippen molar-refractivity contribution in [2.24, 2.45) is 0 Å². The van der Waals surface area contributed by atoms with E-state index in [2.05, 4.69) is 0 Å². The van der Waals surface area contributed by atoms with Crippen LogP contribution in [-0.4, -0.2) is 28.4 Å². The molecule has 5 nitrogen and oxygen atoms in total. The number of ether oxygens (including phenoxy) is 1. The summed E-state index contributed by atoms with van der Waals surface area (Å²) in [5.41, 5.74) is 0.811. The quantitative estimate of drug-likeness (QED) is 0.664. The van der Waals surface area contributed by atoms with Crippen LogP contribution in [0.4, 0.5) is 0 Å². The molecule has 0 atom stereocenters. The standard InChI is InChI=1S/C11H12O5/c1-16-9-5-7(2-3-10(13)14)4-8(6-12)11(9)15/h2-5,12,15H,6H2,1H3,(H,13,14)/b3-2+. The molecule has 16 heavy (non-hydrogen) atoms. The van der Waals surface area contributed by atoms with E-state index in [0.29, 0.717) is 5.56 Å². The summed E-state index contributed by atoms with van der Waals surface area (Å²) in [4.78, 5) is 10.3. The summed E-state index contributed by atoms with van der Waals surface area (Å²) in [7, 11) is 1.38. The van der Waals surface area contributed by atoms with Gasteiger partial charge >= 0.3 is 5.97 Å². The molecule has 3 N–H and O–H groups in total. The number of aromatic hydroxyl groups is 1. The molecule has 1 rings (SSSR count). The Bertz CT molecular complexity index is 397. The van der Waals surface area contributed by atoms with E-state index >= 15 is 0 Å². The van der Waals surface area contributed by atoms with Crippen molar-refractivity contribution in [1.29, 1.82) is 0 Å². The molecule has 0 unspecified atom stereocenters. The van der Waals surface area contributed by atoms with Crippen molar-refractivity contribution in [1.82, 2.24) is 0 Å². The Hall–Kier alpha value is -2.01. The number of hydrogen-bond acceptors (Lipinski definition) is 4. The Labute approximate surface area is 92.2 Å². The Kier molecular flexibility index (Phi) is 3.90. The minimum Gasteiger partial charge on any atom is -0.504 e. The van der Waals surface area contributed by atoms with E-state index in [0.717, 1.165) is 6.08 Å². The normalized spacial score (nSPS) is 10.6. The van der Waals surface area contributed by atoms with Crippen LogP contribution in [0.2, 0.25) is 0 Å². The summed E-state index contributed by atoms with van der Waals surface area (Å²) < 4.78 is 4.89. The number of carboxylic acids is 1. The highest BCUT2D eigenvalue weighted by molar-refractivity contribution is 5.85. The van der Waals surface area contributed by atoms with Crippen molar-refractivity contribution in [3.05, 3.63) is 29.3 Å². The molecular weight excluding hydrogens is 212 g/mol. The third-order valence-electron chi connectivity index (χ3n) is 1.98. The van der Waals surface area contributed by atoms with Gasteiger partial charge in [-0.1, -0.05) is 0 Å². The maximum absolute atomic E-state index is 10.3. The lowest BCUT2D eigenvalue weighted by atomic mass is 10.1. The number of aliphatic carboxylic acids is 1. The van der Waals surface area contributed by atoms with Crippen molar-refractivity contribution in [3.63, 3.8) is 0 Å². The van der Waals surface area contributed by atoms with Crippen LogP contribution in [0.3, 0.4) is 0 Å². The molecule has 0 spiro atoms. The van der Waals surface area contributed by atoms with E-state index < -0.39 is 5.97 Å². The number of rotatable bonds is 4. The van der Waals surface area contributed by atoms with Crippen molar-refractivity contribution in [2.75, 3.05) is 7.11 Å². The van der Waals surface area contributed by atoms with Gasteiger partial charge in [-0.25, -0.2) is 4.79 Å². The second kappa shape index (κ2) is 5.18. The molecule has 86 valence electrons. The van der Waals surface area contributed by atoms with Crippen LogP contribution in [0, 0.1) is 0 Å². The Balaban J connectivity index is 3.16. The molecule has 5 heteroatoms. The molecule has 0 saturated heterocycles. The average Bonchev–Trinajstić information content (AvgIpc) is 2.27. The van der Waals surface area contributed by atoms with Gasteiger partial charge in [-0.2, -0.15) is 0 Å². The molecule has 1 aromatic carbocycles. The predicted octanol–water partition coefficient (Wildman–Crippen LogP) is 0.991. The minimum atomic E-state index is -1.07. The number of benzene rings is 1. The zero-order valence-corrected chi connectivity index (χ0v) is 8.67. The SMILES string of the molecule is COc1cc(/C=C/C(=O)O)cc(CO)c1O. The van der Waals surface area contributed by atoms with Crippen LogP contribution in [0.5, 0.6) is 11.5 Å². The van der Waals surface area contributed by atoms with Gasteiger partial charge in [-0.05, 0) is 23.8 Å². The van der Waals surface area contributed by atoms with E-state index in [9.17, 15) is 9.90 Å². The van der Waals surface area contributed by atoms with Crippen LogP contribution in [0.25, 0.3) is 6.08 Å². The van der Waals surface area contributed by atoms with Crippen molar-refractivity contribution in [2.45, 2.75) is 6.61 Å². The van der Waals surface area contributed by atoms with Gasteiger partial charge in [0.15, 0.2) is 11.5 Å². The fraction of sp³-hybridized carbons (Fsp3) is 0.182. The Morgan fingerprint density at radius 2 is 2.19 bits per heavy atom. The summed E-state index contributed by atoms with van der Waals surface area (Å²) >= 11 is 0. The van der Waals surface area contributed by atoms with Gasteiger partial charge in [0.2, 0.25) is 0 Å². The summed E-state index contributed by atoms with van der Waals surface area (Å²) in [6.07, 6.45) is 2.32. The molecule has 0 aliphatic rings. The van der Waals surface area contributed by atoms with E-state index in [1.165, 1.54) is 25.3 Å². The number of carboxylic acid groups (broad SMARTS) is 1. The van der Waals surface area contributed by atoms with E-state index in [1.54, 1.807) is 0 Å². The third-order valence-corrected chi connectivity index (χ3v) is 1.98. The Morgan fingerprint density at radius 3 is 2.69 bits per heavy atom. The van der Waals surface area contributed by atoms with Crippen molar-refractivity contribution in [3.8, 4) is 11.5 Å². The first-order chi connectivity index (χ1) is 7.58. The number of phenols is 1. The number of aliphatic hydroxyl groups is 1. The molecule has 0 heterocycles. The lowest BCUT2D eigenvalue weighted by Gasteiger charge is -2.08. The average molecular weight is 224 g/mol. The fourth-order valence-corrected chi connectivity index (χ4v) is 1.23. The summed E-state index contributed by atoms with van der Waals surface area (Å²) in [5, 5.41) is 27.0.